The van der Waals surface area contributed by atoms with Crippen LogP contribution in [0.1, 0.15) is 17.5 Å². The Morgan fingerprint density at radius 3 is 2.67 bits per heavy atom. The molecule has 2 aromatic carbocycles. The number of hydrogen-bond donors (Lipinski definition) is 1. The lowest BCUT2D eigenvalue weighted by atomic mass is 10.0. The first-order valence-corrected chi connectivity index (χ1v) is 9.96. The van der Waals surface area contributed by atoms with Gasteiger partial charge < -0.3 is 5.11 Å². The number of β-amino-alcohol motifs (C(OH)–C–C–N with tert-alkyl or cyclic N) is 1. The molecule has 0 saturated heterocycles. The number of nitrogens with zero attached hydrogens (tertiary/aromatic N) is 2. The van der Waals surface area contributed by atoms with Gasteiger partial charge in [-0.2, -0.15) is 0 Å². The standard InChI is InChI=1S/C19H20BrN2OS/c1-14-5-2-3-6-17(14)21-13-19(23,15-7-9-16(20)10-8-15)22-11-4-12-24-18(21)22/h2-3,5-10,23H,4,11-13H2,1H3/q+1. The Morgan fingerprint density at radius 2 is 1.92 bits per heavy atom. The molecule has 2 aromatic rings. The average molecular weight is 404 g/mol. The van der Waals surface area contributed by atoms with Crippen LogP contribution in [0.3, 0.4) is 0 Å². The van der Waals surface area contributed by atoms with Crippen molar-refractivity contribution in [3.05, 3.63) is 64.1 Å². The van der Waals surface area contributed by atoms with Crippen molar-refractivity contribution in [2.24, 2.45) is 0 Å². The van der Waals surface area contributed by atoms with E-state index in [0.29, 0.717) is 6.54 Å². The highest BCUT2D eigenvalue weighted by molar-refractivity contribution is 9.10. The van der Waals surface area contributed by atoms with Crippen LogP contribution in [0.2, 0.25) is 0 Å². The molecule has 0 aliphatic carbocycles. The number of halogens is 1. The Morgan fingerprint density at radius 1 is 1.17 bits per heavy atom. The highest BCUT2D eigenvalue weighted by Crippen LogP contribution is 2.38. The number of amidine groups is 1. The molecule has 24 heavy (non-hydrogen) atoms. The molecule has 5 heteroatoms. The number of anilines is 1. The van der Waals surface area contributed by atoms with Crippen molar-refractivity contribution in [1.82, 2.24) is 0 Å². The van der Waals surface area contributed by atoms with Crippen molar-refractivity contribution in [2.45, 2.75) is 19.1 Å². The third-order valence-electron chi connectivity index (χ3n) is 4.76. The first-order chi connectivity index (χ1) is 11.6. The molecule has 2 heterocycles. The Bertz CT molecular complexity index is 805. The molecule has 0 radical (unpaired) electrons. The Kier molecular flexibility index (Phi) is 4.19. The predicted molar refractivity (Wildman–Crippen MR) is 104 cm³/mol. The van der Waals surface area contributed by atoms with Gasteiger partial charge in [0.15, 0.2) is 6.54 Å². The second-order valence-electron chi connectivity index (χ2n) is 6.33. The van der Waals surface area contributed by atoms with Crippen LogP contribution in [-0.4, -0.2) is 33.7 Å². The van der Waals surface area contributed by atoms with Gasteiger partial charge in [-0.3, -0.25) is 0 Å². The van der Waals surface area contributed by atoms with Crippen molar-refractivity contribution in [3.8, 4) is 0 Å². The predicted octanol–water partition coefficient (Wildman–Crippen LogP) is 3.93. The number of hydrogen-bond acceptors (Lipinski definition) is 3. The lowest BCUT2D eigenvalue weighted by Gasteiger charge is -2.24. The fraction of sp³-hybridized carbons (Fsp3) is 0.316. The van der Waals surface area contributed by atoms with Crippen molar-refractivity contribution >= 4 is 38.5 Å². The highest BCUT2D eigenvalue weighted by Gasteiger charge is 2.53. The molecule has 0 spiro atoms. The third-order valence-corrected chi connectivity index (χ3v) is 6.48. The smallest absolute Gasteiger partial charge is 0.316 e. The van der Waals surface area contributed by atoms with Gasteiger partial charge in [-0.15, -0.1) is 0 Å². The maximum absolute atomic E-state index is 11.6. The third kappa shape index (κ3) is 2.59. The van der Waals surface area contributed by atoms with Crippen LogP contribution in [0, 0.1) is 6.92 Å². The van der Waals surface area contributed by atoms with Gasteiger partial charge in [0.1, 0.15) is 5.69 Å². The number of aliphatic hydroxyl groups is 1. The topological polar surface area (TPSA) is 26.5 Å². The SMILES string of the molecule is Cc1ccccc1N1CC(O)(c2ccc(Br)cc2)[N+]2=C1SCCC2. The van der Waals surface area contributed by atoms with Crippen LogP contribution >= 0.6 is 27.7 Å². The minimum Gasteiger partial charge on any atom is -0.346 e. The number of para-hydroxylation sites is 1. The highest BCUT2D eigenvalue weighted by atomic mass is 79.9. The van der Waals surface area contributed by atoms with Gasteiger partial charge in [0.2, 0.25) is 0 Å². The number of aryl methyl sites for hydroxylation is 1. The monoisotopic (exact) mass is 403 g/mol. The molecule has 0 fully saturated rings. The number of rotatable bonds is 2. The number of benzene rings is 2. The van der Waals surface area contributed by atoms with Crippen molar-refractivity contribution < 1.29 is 9.68 Å². The molecule has 1 atom stereocenters. The molecular weight excluding hydrogens is 384 g/mol. The van der Waals surface area contributed by atoms with Crippen LogP contribution in [0.25, 0.3) is 0 Å². The summed E-state index contributed by atoms with van der Waals surface area (Å²) in [6, 6.07) is 16.4. The summed E-state index contributed by atoms with van der Waals surface area (Å²) in [7, 11) is 0. The maximum atomic E-state index is 11.6. The summed E-state index contributed by atoms with van der Waals surface area (Å²) in [5, 5.41) is 12.8. The lowest BCUT2D eigenvalue weighted by molar-refractivity contribution is -0.656. The normalized spacial score (nSPS) is 23.5. The summed E-state index contributed by atoms with van der Waals surface area (Å²) in [5.74, 6) is 1.10. The summed E-state index contributed by atoms with van der Waals surface area (Å²) in [5.41, 5.74) is 2.38. The second kappa shape index (κ2) is 6.21. The van der Waals surface area contributed by atoms with E-state index in [0.717, 1.165) is 28.8 Å². The first-order valence-electron chi connectivity index (χ1n) is 8.18. The summed E-state index contributed by atoms with van der Waals surface area (Å²) in [4.78, 5) is 2.28. The molecule has 1 unspecified atom stereocenters. The summed E-state index contributed by atoms with van der Waals surface area (Å²) in [6.45, 7) is 3.57. The molecular formula is C19H20BrN2OS+. The minimum absolute atomic E-state index is 0.557. The molecule has 4 rings (SSSR count). The van der Waals surface area contributed by atoms with Crippen molar-refractivity contribution in [3.63, 3.8) is 0 Å². The van der Waals surface area contributed by atoms with Gasteiger partial charge in [-0.25, -0.2) is 9.48 Å². The maximum Gasteiger partial charge on any atom is 0.316 e. The van der Waals surface area contributed by atoms with Crippen LogP contribution in [0.15, 0.2) is 53.0 Å². The van der Waals surface area contributed by atoms with E-state index in [9.17, 15) is 5.11 Å². The largest absolute Gasteiger partial charge is 0.346 e. The van der Waals surface area contributed by atoms with Crippen molar-refractivity contribution in [1.29, 1.82) is 0 Å². The summed E-state index contributed by atoms with van der Waals surface area (Å²) >= 11 is 5.33. The van der Waals surface area contributed by atoms with E-state index in [2.05, 4.69) is 56.6 Å². The summed E-state index contributed by atoms with van der Waals surface area (Å²) < 4.78 is 3.21. The molecule has 0 saturated carbocycles. The molecule has 124 valence electrons. The molecule has 1 N–H and O–H groups in total. The van der Waals surface area contributed by atoms with E-state index < -0.39 is 5.72 Å². The van der Waals surface area contributed by atoms with Gasteiger partial charge >= 0.3 is 5.17 Å². The van der Waals surface area contributed by atoms with Crippen molar-refractivity contribution in [2.75, 3.05) is 23.7 Å². The zero-order chi connectivity index (χ0) is 16.7. The fourth-order valence-electron chi connectivity index (χ4n) is 3.52. The zero-order valence-electron chi connectivity index (χ0n) is 13.6. The average Bonchev–Trinajstić information content (AvgIpc) is 2.90. The molecule has 0 bridgehead atoms. The molecule has 0 amide bonds. The van der Waals surface area contributed by atoms with E-state index in [1.807, 2.05) is 36.0 Å². The van der Waals surface area contributed by atoms with Crippen LogP contribution in [0.4, 0.5) is 5.69 Å². The molecule has 0 aromatic heterocycles. The Labute approximate surface area is 155 Å². The van der Waals surface area contributed by atoms with E-state index in [1.54, 1.807) is 0 Å². The van der Waals surface area contributed by atoms with Gasteiger partial charge in [0.25, 0.3) is 5.72 Å². The van der Waals surface area contributed by atoms with E-state index >= 15 is 0 Å². The molecule has 2 aliphatic rings. The van der Waals surface area contributed by atoms with E-state index in [1.165, 1.54) is 16.4 Å². The fourth-order valence-corrected chi connectivity index (χ4v) is 4.96. The molecule has 3 nitrogen and oxygen atoms in total. The minimum atomic E-state index is -0.980. The van der Waals surface area contributed by atoms with E-state index in [4.69, 9.17) is 0 Å². The molecule has 2 aliphatic heterocycles. The van der Waals surface area contributed by atoms with Gasteiger partial charge in [0.05, 0.1) is 6.54 Å². The second-order valence-corrected chi connectivity index (χ2v) is 8.31. The number of thioether (sulfide) groups is 1. The summed E-state index contributed by atoms with van der Waals surface area (Å²) in [6.07, 6.45) is 1.09. The first kappa shape index (κ1) is 16.2. The Hall–Kier alpha value is -1.30. The van der Waals surface area contributed by atoms with Gasteiger partial charge in [-0.05, 0) is 48.9 Å². The van der Waals surface area contributed by atoms with Gasteiger partial charge in [0, 0.05) is 15.8 Å². The zero-order valence-corrected chi connectivity index (χ0v) is 16.0. The van der Waals surface area contributed by atoms with Crippen LogP contribution in [0.5, 0.6) is 0 Å². The quantitative estimate of drug-likeness (QED) is 0.769. The lowest BCUT2D eigenvalue weighted by Crippen LogP contribution is -2.41. The van der Waals surface area contributed by atoms with Crippen LogP contribution in [-0.2, 0) is 5.72 Å². The van der Waals surface area contributed by atoms with Crippen LogP contribution < -0.4 is 4.90 Å². The van der Waals surface area contributed by atoms with Gasteiger partial charge in [-0.1, -0.05) is 46.3 Å². The van der Waals surface area contributed by atoms with E-state index in [-0.39, 0.29) is 0 Å². The Balaban J connectivity index is 1.82.